The predicted molar refractivity (Wildman–Crippen MR) is 133 cm³/mol. The summed E-state index contributed by atoms with van der Waals surface area (Å²) in [5.74, 6) is 1.83. The summed E-state index contributed by atoms with van der Waals surface area (Å²) in [4.78, 5) is 7.31. The van der Waals surface area contributed by atoms with Crippen LogP contribution in [-0.4, -0.2) is 64.4 Å². The third-order valence-corrected chi connectivity index (χ3v) is 6.98. The second-order valence-electron chi connectivity index (χ2n) is 8.04. The minimum absolute atomic E-state index is 0. The number of fused-ring (bicyclic) bond motifs is 2. The monoisotopic (exact) mass is 459 g/mol. The fraction of sp³-hybridized carbons (Fsp3) is 0.417. The van der Waals surface area contributed by atoms with Crippen LogP contribution in [0, 0.1) is 0 Å². The zero-order chi connectivity index (χ0) is 20.3. The predicted octanol–water partition coefficient (Wildman–Crippen LogP) is 4.74. The van der Waals surface area contributed by atoms with Crippen LogP contribution in [-0.2, 0) is 0 Å². The van der Waals surface area contributed by atoms with Gasteiger partial charge in [0.2, 0.25) is 0 Å². The van der Waals surface area contributed by atoms with Crippen molar-refractivity contribution in [1.29, 1.82) is 0 Å². The van der Waals surface area contributed by atoms with Gasteiger partial charge < -0.3 is 19.3 Å². The number of anilines is 2. The number of piperazine rings is 1. The molecule has 1 aromatic heterocycles. The number of thiophene rings is 1. The molecule has 0 radical (unpaired) electrons. The molecule has 1 fully saturated rings. The Morgan fingerprint density at radius 2 is 1.87 bits per heavy atom. The summed E-state index contributed by atoms with van der Waals surface area (Å²) in [6.45, 7) is 7.89. The molecule has 0 saturated carbocycles. The van der Waals surface area contributed by atoms with Crippen LogP contribution in [0.3, 0.4) is 0 Å². The van der Waals surface area contributed by atoms with E-state index in [4.69, 9.17) is 9.47 Å². The van der Waals surface area contributed by atoms with Crippen LogP contribution in [0.25, 0.3) is 10.1 Å². The molecule has 5 rings (SSSR count). The maximum absolute atomic E-state index is 5.99. The average Bonchev–Trinajstić information content (AvgIpc) is 3.26. The van der Waals surface area contributed by atoms with Crippen molar-refractivity contribution in [3.63, 3.8) is 0 Å². The molecule has 0 atom stereocenters. The van der Waals surface area contributed by atoms with Crippen LogP contribution < -0.4 is 19.3 Å². The Hall–Kier alpha value is -2.15. The minimum Gasteiger partial charge on any atom is -0.493 e. The van der Waals surface area contributed by atoms with Gasteiger partial charge in [-0.3, -0.25) is 4.90 Å². The molecule has 0 bridgehead atoms. The number of hydrogen-bond acceptors (Lipinski definition) is 6. The first-order valence-corrected chi connectivity index (χ1v) is 11.7. The van der Waals surface area contributed by atoms with Gasteiger partial charge in [0.25, 0.3) is 0 Å². The number of halogens is 1. The molecule has 7 heteroatoms. The summed E-state index contributed by atoms with van der Waals surface area (Å²) in [6.07, 6.45) is 1.04. The zero-order valence-corrected chi connectivity index (χ0v) is 19.6. The topological polar surface area (TPSA) is 28.2 Å². The number of rotatable bonds is 6. The van der Waals surface area contributed by atoms with Crippen LogP contribution in [0.5, 0.6) is 11.5 Å². The van der Waals surface area contributed by atoms with E-state index in [1.165, 1.54) is 15.8 Å². The third-order valence-electron chi connectivity index (χ3n) is 6.10. The Labute approximate surface area is 194 Å². The van der Waals surface area contributed by atoms with Gasteiger partial charge >= 0.3 is 0 Å². The molecule has 3 aromatic rings. The first kappa shape index (κ1) is 22.1. The number of hydrogen-bond donors (Lipinski definition) is 0. The van der Waals surface area contributed by atoms with Crippen LogP contribution in [0.15, 0.2) is 47.8 Å². The zero-order valence-electron chi connectivity index (χ0n) is 18.0. The first-order valence-electron chi connectivity index (χ1n) is 10.8. The molecular formula is C24H30ClN3O2S. The van der Waals surface area contributed by atoms with Gasteiger partial charge in [0, 0.05) is 61.6 Å². The van der Waals surface area contributed by atoms with Gasteiger partial charge in [0.1, 0.15) is 18.1 Å². The summed E-state index contributed by atoms with van der Waals surface area (Å²) < 4.78 is 13.1. The lowest BCUT2D eigenvalue weighted by molar-refractivity contribution is 0.224. The van der Waals surface area contributed by atoms with Crippen molar-refractivity contribution in [1.82, 2.24) is 4.90 Å². The van der Waals surface area contributed by atoms with Crippen LogP contribution in [0.2, 0.25) is 0 Å². The normalized spacial score (nSPS) is 16.5. The van der Waals surface area contributed by atoms with Crippen molar-refractivity contribution in [3.05, 3.63) is 47.8 Å². The molecular weight excluding hydrogens is 430 g/mol. The molecule has 0 aliphatic carbocycles. The standard InChI is InChI=1S/C24H29N3O2S.ClH/c1-25-14-16-29-23-18-19(6-7-22(23)25)28-15-3-9-26-10-12-27(13-11-26)21-4-2-5-24-20(21)8-17-30-24;/h2,4-8,17-18H,3,9-16H2,1H3;1H. The van der Waals surface area contributed by atoms with Crippen molar-refractivity contribution < 1.29 is 9.47 Å². The highest BCUT2D eigenvalue weighted by atomic mass is 35.5. The Morgan fingerprint density at radius 3 is 2.74 bits per heavy atom. The molecule has 0 spiro atoms. The molecule has 0 unspecified atom stereocenters. The van der Waals surface area contributed by atoms with Gasteiger partial charge in [0.05, 0.1) is 18.8 Å². The number of nitrogens with zero attached hydrogens (tertiary/aromatic N) is 3. The lowest BCUT2D eigenvalue weighted by atomic mass is 10.2. The average molecular weight is 460 g/mol. The maximum Gasteiger partial charge on any atom is 0.146 e. The SMILES string of the molecule is CN1CCOc2cc(OCCCN3CCN(c4cccc5sccc45)CC3)ccc21.Cl. The van der Waals surface area contributed by atoms with Gasteiger partial charge in [-0.15, -0.1) is 23.7 Å². The largest absolute Gasteiger partial charge is 0.493 e. The van der Waals surface area contributed by atoms with Gasteiger partial charge in [0.15, 0.2) is 0 Å². The van der Waals surface area contributed by atoms with E-state index in [0.29, 0.717) is 0 Å². The number of benzene rings is 2. The highest BCUT2D eigenvalue weighted by Gasteiger charge is 2.19. The quantitative estimate of drug-likeness (QED) is 0.496. The summed E-state index contributed by atoms with van der Waals surface area (Å²) >= 11 is 1.82. The molecule has 3 heterocycles. The van der Waals surface area contributed by atoms with Crippen molar-refractivity contribution in [2.75, 3.05) is 69.3 Å². The lowest BCUT2D eigenvalue weighted by Gasteiger charge is -2.36. The van der Waals surface area contributed by atoms with Crippen molar-refractivity contribution in [2.24, 2.45) is 0 Å². The van der Waals surface area contributed by atoms with Gasteiger partial charge in [-0.1, -0.05) is 6.07 Å². The van der Waals surface area contributed by atoms with E-state index in [-0.39, 0.29) is 12.4 Å². The van der Waals surface area contributed by atoms with E-state index in [2.05, 4.69) is 57.5 Å². The maximum atomic E-state index is 5.99. The Morgan fingerprint density at radius 1 is 1.00 bits per heavy atom. The minimum atomic E-state index is 0. The summed E-state index contributed by atoms with van der Waals surface area (Å²) in [6, 6.07) is 15.1. The second kappa shape index (κ2) is 9.98. The summed E-state index contributed by atoms with van der Waals surface area (Å²) in [5, 5.41) is 3.58. The highest BCUT2D eigenvalue weighted by Crippen LogP contribution is 2.34. The molecule has 5 nitrogen and oxygen atoms in total. The molecule has 31 heavy (non-hydrogen) atoms. The smallest absolute Gasteiger partial charge is 0.146 e. The van der Waals surface area contributed by atoms with E-state index in [1.807, 2.05) is 23.5 Å². The second-order valence-corrected chi connectivity index (χ2v) is 8.99. The Kier molecular flexibility index (Phi) is 7.10. The molecule has 0 N–H and O–H groups in total. The van der Waals surface area contributed by atoms with E-state index >= 15 is 0 Å². The van der Waals surface area contributed by atoms with Crippen molar-refractivity contribution >= 4 is 45.2 Å². The highest BCUT2D eigenvalue weighted by molar-refractivity contribution is 7.17. The molecule has 166 valence electrons. The summed E-state index contributed by atoms with van der Waals surface area (Å²) in [5.41, 5.74) is 2.53. The van der Waals surface area contributed by atoms with E-state index in [0.717, 1.165) is 76.1 Å². The van der Waals surface area contributed by atoms with Crippen molar-refractivity contribution in [3.8, 4) is 11.5 Å². The van der Waals surface area contributed by atoms with Gasteiger partial charge in [-0.05, 0) is 42.1 Å². The molecule has 1 saturated heterocycles. The van der Waals surface area contributed by atoms with Gasteiger partial charge in [-0.2, -0.15) is 0 Å². The fourth-order valence-corrected chi connectivity index (χ4v) is 5.18. The summed E-state index contributed by atoms with van der Waals surface area (Å²) in [7, 11) is 2.10. The van der Waals surface area contributed by atoms with E-state index in [1.54, 1.807) is 0 Å². The van der Waals surface area contributed by atoms with Crippen LogP contribution in [0.4, 0.5) is 11.4 Å². The van der Waals surface area contributed by atoms with E-state index < -0.39 is 0 Å². The van der Waals surface area contributed by atoms with Gasteiger partial charge in [-0.25, -0.2) is 0 Å². The van der Waals surface area contributed by atoms with Crippen molar-refractivity contribution in [2.45, 2.75) is 6.42 Å². The van der Waals surface area contributed by atoms with Crippen LogP contribution >= 0.6 is 23.7 Å². The fourth-order valence-electron chi connectivity index (χ4n) is 4.37. The third kappa shape index (κ3) is 4.86. The van der Waals surface area contributed by atoms with E-state index in [9.17, 15) is 0 Å². The number of likely N-dealkylation sites (N-methyl/N-ethyl adjacent to an activating group) is 1. The molecule has 2 aliphatic heterocycles. The molecule has 0 amide bonds. The first-order chi connectivity index (χ1) is 14.8. The van der Waals surface area contributed by atoms with Crippen LogP contribution in [0.1, 0.15) is 6.42 Å². The molecule has 2 aromatic carbocycles. The number of ether oxygens (including phenoxy) is 2. The Balaban J connectivity index is 0.00000231. The lowest BCUT2D eigenvalue weighted by Crippen LogP contribution is -2.46. The Bertz CT molecular complexity index is 1000. The molecule has 2 aliphatic rings.